The Hall–Kier alpha value is -11.5. The third-order valence-corrected chi connectivity index (χ3v) is 21.7. The Morgan fingerprint density at radius 3 is 0.838 bits per heavy atom. The molecule has 2 aliphatic rings. The largest absolute Gasteiger partial charge is 0.310 e. The lowest BCUT2D eigenvalue weighted by atomic mass is 9.33. The molecule has 5 heteroatoms. The minimum atomic E-state index is -0.384. The second-order valence-electron chi connectivity index (χ2n) is 34.0. The van der Waals surface area contributed by atoms with E-state index in [1.165, 1.54) is 44.2 Å². The second-order valence-corrected chi connectivity index (χ2v) is 34.0. The number of hydrogen-bond donors (Lipinski definition) is 0. The van der Waals surface area contributed by atoms with Gasteiger partial charge in [0.25, 0.3) is 6.71 Å². The topological polar surface area (TPSA) is 54.1 Å². The molecule has 0 amide bonds. The molecule has 0 bridgehead atoms. The Balaban J connectivity index is 1.17. The van der Waals surface area contributed by atoms with Crippen molar-refractivity contribution in [2.24, 2.45) is 0 Å². The SMILES string of the molecule is CC(C)(C)c1cccc(-c2cc(-c3ccccc3C#N)cc(-c3cccc(C(C)(C)C)c3)c2N2c3ccc(-c4ccccc4)cc3B3c4cc(-c5ccccc5)ccc4N(c4c(-c5cccc(C(C)(C)C)c5)cc(-c5ccccc5C#N)cc4-c4cccc(C(C)(C)C)c4)c4cc(C(C)(C)C)cc2c43)c1. The average Bonchev–Trinajstić information content (AvgIpc) is 0.685. The van der Waals surface area contributed by atoms with Gasteiger partial charge in [0.05, 0.1) is 34.6 Å². The zero-order valence-corrected chi connectivity index (χ0v) is 63.4. The predicted octanol–water partition coefficient (Wildman–Crippen LogP) is 25.3. The van der Waals surface area contributed by atoms with E-state index in [-0.39, 0.29) is 33.8 Å². The van der Waals surface area contributed by atoms with Crippen LogP contribution >= 0.6 is 0 Å². The molecule has 13 aromatic rings. The minimum Gasteiger partial charge on any atom is -0.310 e. The summed E-state index contributed by atoms with van der Waals surface area (Å²) in [5.74, 6) is 0. The first-order valence-corrected chi connectivity index (χ1v) is 37.1. The van der Waals surface area contributed by atoms with Gasteiger partial charge < -0.3 is 9.80 Å². The van der Waals surface area contributed by atoms with Gasteiger partial charge in [0.2, 0.25) is 0 Å². The summed E-state index contributed by atoms with van der Waals surface area (Å²) in [4.78, 5) is 5.33. The van der Waals surface area contributed by atoms with Gasteiger partial charge in [-0.3, -0.25) is 0 Å². The van der Waals surface area contributed by atoms with Crippen LogP contribution in [0.15, 0.2) is 279 Å². The molecule has 0 spiro atoms. The summed E-state index contributed by atoms with van der Waals surface area (Å²) in [6.45, 7) is 34.4. The maximum absolute atomic E-state index is 11.1. The summed E-state index contributed by atoms with van der Waals surface area (Å²) in [7, 11) is 0. The molecule has 13 aromatic carbocycles. The van der Waals surface area contributed by atoms with Crippen molar-refractivity contribution in [3.63, 3.8) is 0 Å². The maximum Gasteiger partial charge on any atom is 0.252 e. The van der Waals surface area contributed by atoms with Crippen LogP contribution < -0.4 is 26.2 Å². The van der Waals surface area contributed by atoms with Gasteiger partial charge in [0.15, 0.2) is 0 Å². The Morgan fingerprint density at radius 2 is 0.533 bits per heavy atom. The molecule has 0 N–H and O–H groups in total. The van der Waals surface area contributed by atoms with Crippen LogP contribution in [0.5, 0.6) is 0 Å². The maximum atomic E-state index is 11.1. The van der Waals surface area contributed by atoms with Gasteiger partial charge in [0.1, 0.15) is 0 Å². The van der Waals surface area contributed by atoms with E-state index in [2.05, 4.69) is 381 Å². The summed E-state index contributed by atoms with van der Waals surface area (Å²) in [5, 5.41) is 22.2. The van der Waals surface area contributed by atoms with Gasteiger partial charge in [-0.15, -0.1) is 0 Å². The highest BCUT2D eigenvalue weighted by molar-refractivity contribution is 7.00. The summed E-state index contributed by atoms with van der Waals surface area (Å²) >= 11 is 0. The number of nitriles is 2. The Labute approximate surface area is 623 Å². The van der Waals surface area contributed by atoms with Crippen molar-refractivity contribution < 1.29 is 0 Å². The number of anilines is 6. The van der Waals surface area contributed by atoms with Crippen LogP contribution in [0.2, 0.25) is 0 Å². The Bertz CT molecular complexity index is 5170. The standard InChI is InChI=1S/C100H91BN4/c1-96(2,3)76-40-26-36-68(50-76)83-54-74(81-44-24-22-34-72(81)62-102)55-84(69-37-27-41-77(51-69)97(4,5)6)94(83)104-89-48-46-66(64-30-18-16-19-31-64)58-87(89)101-88-59-67(65-32-20-17-21-33-65)47-49-90(88)105(92-61-80(100(13,14)15)60-91(104)93(92)101)95-85(70-38-28-42-78(52-70)98(7,8)9)56-75(82-45-25-23-35-73(82)63-103)57-86(95)71-39-29-43-79(53-71)99(10,11)12/h16-61H,1-15H3. The molecule has 0 aliphatic carbocycles. The monoisotopic (exact) mass is 1360 g/mol. The highest BCUT2D eigenvalue weighted by Crippen LogP contribution is 2.56. The smallest absolute Gasteiger partial charge is 0.252 e. The van der Waals surface area contributed by atoms with Crippen molar-refractivity contribution in [3.05, 3.63) is 318 Å². The first-order chi connectivity index (χ1) is 50.1. The van der Waals surface area contributed by atoms with Crippen molar-refractivity contribution in [1.82, 2.24) is 0 Å². The fourth-order valence-corrected chi connectivity index (χ4v) is 15.8. The van der Waals surface area contributed by atoms with Crippen molar-refractivity contribution >= 4 is 57.2 Å². The van der Waals surface area contributed by atoms with Gasteiger partial charge in [-0.05, 0) is 199 Å². The van der Waals surface area contributed by atoms with Gasteiger partial charge >= 0.3 is 0 Å². The molecule has 4 nitrogen and oxygen atoms in total. The van der Waals surface area contributed by atoms with E-state index in [0.29, 0.717) is 11.1 Å². The molecule has 514 valence electrons. The average molecular weight is 1360 g/mol. The molecule has 0 aromatic heterocycles. The number of rotatable bonds is 10. The Kier molecular flexibility index (Phi) is 17.4. The zero-order valence-electron chi connectivity index (χ0n) is 63.4. The van der Waals surface area contributed by atoms with Crippen LogP contribution in [-0.2, 0) is 27.1 Å². The molecule has 2 aliphatic heterocycles. The fourth-order valence-electron chi connectivity index (χ4n) is 15.8. The summed E-state index contributed by atoms with van der Waals surface area (Å²) in [5.41, 5.74) is 32.9. The van der Waals surface area contributed by atoms with E-state index >= 15 is 0 Å². The zero-order chi connectivity index (χ0) is 73.6. The lowest BCUT2D eigenvalue weighted by Gasteiger charge is -2.46. The van der Waals surface area contributed by atoms with Crippen LogP contribution in [0, 0.1) is 22.7 Å². The molecular formula is C100H91BN4. The molecule has 105 heavy (non-hydrogen) atoms. The summed E-state index contributed by atoms with van der Waals surface area (Å²) in [6, 6.07) is 109. The number of hydrogen-bond acceptors (Lipinski definition) is 4. The molecule has 0 unspecified atom stereocenters. The molecule has 0 saturated heterocycles. The van der Waals surface area contributed by atoms with Crippen LogP contribution in [0.3, 0.4) is 0 Å². The molecule has 15 rings (SSSR count). The van der Waals surface area contributed by atoms with E-state index in [4.69, 9.17) is 0 Å². The van der Waals surface area contributed by atoms with Crippen LogP contribution in [0.25, 0.3) is 89.0 Å². The first-order valence-electron chi connectivity index (χ1n) is 37.1. The quantitative estimate of drug-likeness (QED) is 0.128. The number of benzene rings is 13. The summed E-state index contributed by atoms with van der Waals surface area (Å²) < 4.78 is 0. The number of nitrogens with zero attached hydrogens (tertiary/aromatic N) is 4. The van der Waals surface area contributed by atoms with Gasteiger partial charge in [-0.1, -0.05) is 322 Å². The van der Waals surface area contributed by atoms with Crippen molar-refractivity contribution in [3.8, 4) is 101 Å². The lowest BCUT2D eigenvalue weighted by molar-refractivity contribution is 0.590. The molecule has 2 heterocycles. The highest BCUT2D eigenvalue weighted by atomic mass is 15.2. The molecule has 0 atom stereocenters. The van der Waals surface area contributed by atoms with Gasteiger partial charge in [-0.2, -0.15) is 10.5 Å². The highest BCUT2D eigenvalue weighted by Gasteiger charge is 2.47. The molecule has 0 fully saturated rings. The fraction of sp³-hybridized carbons (Fsp3) is 0.200. The van der Waals surface area contributed by atoms with E-state index in [1.807, 2.05) is 24.3 Å². The van der Waals surface area contributed by atoms with Crippen molar-refractivity contribution in [1.29, 1.82) is 10.5 Å². The second kappa shape index (κ2) is 26.3. The van der Waals surface area contributed by atoms with Crippen molar-refractivity contribution in [2.45, 2.75) is 131 Å². The molecule has 0 saturated carbocycles. The predicted molar refractivity (Wildman–Crippen MR) is 447 cm³/mol. The van der Waals surface area contributed by atoms with Gasteiger partial charge in [-0.25, -0.2) is 0 Å². The molecular weight excluding hydrogens is 1270 g/mol. The van der Waals surface area contributed by atoms with Crippen LogP contribution in [0.1, 0.15) is 143 Å². The first kappa shape index (κ1) is 69.2. The lowest BCUT2D eigenvalue weighted by Crippen LogP contribution is -2.61. The number of fused-ring (bicyclic) bond motifs is 4. The molecule has 0 radical (unpaired) electrons. The normalized spacial score (nSPS) is 12.8. The van der Waals surface area contributed by atoms with E-state index in [9.17, 15) is 10.5 Å². The third-order valence-electron chi connectivity index (χ3n) is 21.7. The minimum absolute atomic E-state index is 0.184. The van der Waals surface area contributed by atoms with Crippen LogP contribution in [-0.4, -0.2) is 6.71 Å². The Morgan fingerprint density at radius 1 is 0.238 bits per heavy atom. The van der Waals surface area contributed by atoms with Gasteiger partial charge in [0, 0.05) is 45.0 Å². The van der Waals surface area contributed by atoms with E-state index in [0.717, 1.165) is 123 Å². The van der Waals surface area contributed by atoms with E-state index < -0.39 is 0 Å². The van der Waals surface area contributed by atoms with Crippen LogP contribution in [0.4, 0.5) is 34.1 Å². The van der Waals surface area contributed by atoms with E-state index in [1.54, 1.807) is 0 Å². The third kappa shape index (κ3) is 12.9. The van der Waals surface area contributed by atoms with Crippen molar-refractivity contribution in [2.75, 3.05) is 9.80 Å². The summed E-state index contributed by atoms with van der Waals surface area (Å²) in [6.07, 6.45) is 0.